The van der Waals surface area contributed by atoms with Crippen molar-refractivity contribution in [3.8, 4) is 0 Å². The standard InChI is InChI=1S/C13H19NO/c1-2-3-11-14-13(15)10-6-9-12-7-4-5-8-12/h4-5,7H,2-3,6,9-11H2,1H3,(H,14,15). The molecule has 2 heteroatoms. The molecular weight excluding hydrogens is 186 g/mol. The molecule has 0 heterocycles. The number of rotatable bonds is 7. The summed E-state index contributed by atoms with van der Waals surface area (Å²) in [5, 5.41) is 2.91. The molecule has 2 nitrogen and oxygen atoms in total. The molecule has 1 rings (SSSR count). The summed E-state index contributed by atoms with van der Waals surface area (Å²) in [6.45, 7) is 2.94. The fourth-order valence-corrected chi connectivity index (χ4v) is 1.46. The van der Waals surface area contributed by atoms with Crippen LogP contribution in [0.3, 0.4) is 0 Å². The van der Waals surface area contributed by atoms with Crippen LogP contribution in [0.1, 0.15) is 39.0 Å². The van der Waals surface area contributed by atoms with Crippen molar-refractivity contribution in [1.82, 2.24) is 5.32 Å². The van der Waals surface area contributed by atoms with Gasteiger partial charge in [-0.2, -0.15) is 0 Å². The van der Waals surface area contributed by atoms with Crippen molar-refractivity contribution in [2.75, 3.05) is 6.54 Å². The Balaban J connectivity index is 2.02. The number of nitrogens with one attached hydrogen (secondary N) is 1. The van der Waals surface area contributed by atoms with E-state index in [1.807, 2.05) is 12.2 Å². The third kappa shape index (κ3) is 5.24. The minimum Gasteiger partial charge on any atom is -0.356 e. The van der Waals surface area contributed by atoms with E-state index in [4.69, 9.17) is 0 Å². The van der Waals surface area contributed by atoms with Crippen LogP contribution < -0.4 is 5.32 Å². The molecule has 1 amide bonds. The van der Waals surface area contributed by atoms with E-state index in [-0.39, 0.29) is 5.91 Å². The van der Waals surface area contributed by atoms with Gasteiger partial charge in [-0.1, -0.05) is 25.5 Å². The van der Waals surface area contributed by atoms with Crippen LogP contribution in [-0.2, 0) is 4.79 Å². The van der Waals surface area contributed by atoms with Crippen LogP contribution in [0.2, 0.25) is 0 Å². The Labute approximate surface area is 91.8 Å². The molecule has 0 saturated carbocycles. The van der Waals surface area contributed by atoms with Gasteiger partial charge in [0.25, 0.3) is 0 Å². The summed E-state index contributed by atoms with van der Waals surface area (Å²) in [4.78, 5) is 11.3. The Morgan fingerprint density at radius 2 is 2.33 bits per heavy atom. The van der Waals surface area contributed by atoms with Crippen molar-refractivity contribution in [1.29, 1.82) is 0 Å². The maximum Gasteiger partial charge on any atom is 0.220 e. The van der Waals surface area contributed by atoms with Crippen molar-refractivity contribution >= 4 is 5.91 Å². The zero-order valence-corrected chi connectivity index (χ0v) is 9.38. The molecule has 0 bridgehead atoms. The first kappa shape index (κ1) is 11.8. The molecule has 0 aliphatic heterocycles. The van der Waals surface area contributed by atoms with Crippen molar-refractivity contribution in [3.05, 3.63) is 29.5 Å². The molecule has 0 atom stereocenters. The van der Waals surface area contributed by atoms with Gasteiger partial charge in [0, 0.05) is 13.0 Å². The third-order valence-electron chi connectivity index (χ3n) is 2.36. The second-order valence-electron chi connectivity index (χ2n) is 3.75. The molecule has 15 heavy (non-hydrogen) atoms. The lowest BCUT2D eigenvalue weighted by atomic mass is 10.1. The second kappa shape index (κ2) is 7.08. The molecule has 0 saturated heterocycles. The summed E-state index contributed by atoms with van der Waals surface area (Å²) in [5.41, 5.74) is 4.34. The first-order chi connectivity index (χ1) is 7.33. The molecular formula is C13H19NO. The normalized spacial score (nSPS) is 13.0. The Morgan fingerprint density at radius 3 is 3.00 bits per heavy atom. The summed E-state index contributed by atoms with van der Waals surface area (Å²) < 4.78 is 0. The summed E-state index contributed by atoms with van der Waals surface area (Å²) >= 11 is 0. The van der Waals surface area contributed by atoms with Crippen LogP contribution in [0.5, 0.6) is 0 Å². The van der Waals surface area contributed by atoms with Gasteiger partial charge in [0.15, 0.2) is 0 Å². The van der Waals surface area contributed by atoms with Crippen LogP contribution in [0.25, 0.3) is 0 Å². The van der Waals surface area contributed by atoms with Gasteiger partial charge < -0.3 is 5.32 Å². The molecule has 0 fully saturated rings. The molecule has 1 aliphatic rings. The topological polar surface area (TPSA) is 29.1 Å². The highest BCUT2D eigenvalue weighted by Crippen LogP contribution is 2.10. The average Bonchev–Trinajstić information content (AvgIpc) is 2.71. The van der Waals surface area contributed by atoms with Crippen LogP contribution in [0.15, 0.2) is 29.5 Å². The predicted octanol–water partition coefficient (Wildman–Crippen LogP) is 2.72. The van der Waals surface area contributed by atoms with Gasteiger partial charge in [-0.05, 0) is 30.9 Å². The number of unbranched alkanes of at least 4 members (excludes halogenated alkanes) is 1. The van der Waals surface area contributed by atoms with Crippen LogP contribution >= 0.6 is 0 Å². The van der Waals surface area contributed by atoms with E-state index in [2.05, 4.69) is 24.0 Å². The Kier molecular flexibility index (Phi) is 5.57. The maximum absolute atomic E-state index is 11.3. The molecule has 0 spiro atoms. The predicted molar refractivity (Wildman–Crippen MR) is 62.5 cm³/mol. The number of hydrogen-bond donors (Lipinski definition) is 1. The van der Waals surface area contributed by atoms with Crippen molar-refractivity contribution in [2.24, 2.45) is 0 Å². The first-order valence-electron chi connectivity index (χ1n) is 5.72. The highest BCUT2D eigenvalue weighted by molar-refractivity contribution is 5.75. The number of amides is 1. The van der Waals surface area contributed by atoms with E-state index in [0.29, 0.717) is 6.42 Å². The number of carbonyl (C=O) groups excluding carboxylic acids is 1. The van der Waals surface area contributed by atoms with E-state index in [0.717, 1.165) is 32.2 Å². The summed E-state index contributed by atoms with van der Waals surface area (Å²) in [5.74, 6) is 0.176. The van der Waals surface area contributed by atoms with Crippen molar-refractivity contribution < 1.29 is 4.79 Å². The Hall–Kier alpha value is -1.27. The SMILES string of the molecule is CCCCNC(=O)CCCC1=C=CC=C1. The Bertz CT molecular complexity index is 296. The maximum atomic E-state index is 11.3. The highest BCUT2D eigenvalue weighted by Gasteiger charge is 2.01. The van der Waals surface area contributed by atoms with E-state index in [1.165, 1.54) is 5.57 Å². The van der Waals surface area contributed by atoms with Gasteiger partial charge in [0.2, 0.25) is 5.91 Å². The van der Waals surface area contributed by atoms with E-state index >= 15 is 0 Å². The zero-order valence-electron chi connectivity index (χ0n) is 9.38. The Morgan fingerprint density at radius 1 is 1.47 bits per heavy atom. The lowest BCUT2D eigenvalue weighted by Gasteiger charge is -2.03. The van der Waals surface area contributed by atoms with Gasteiger partial charge >= 0.3 is 0 Å². The number of hydrogen-bond acceptors (Lipinski definition) is 1. The quantitative estimate of drug-likeness (QED) is 0.502. The minimum absolute atomic E-state index is 0.176. The lowest BCUT2D eigenvalue weighted by molar-refractivity contribution is -0.121. The number of carbonyl (C=O) groups is 1. The summed E-state index contributed by atoms with van der Waals surface area (Å²) in [6.07, 6.45) is 10.6. The lowest BCUT2D eigenvalue weighted by Crippen LogP contribution is -2.23. The molecule has 1 aliphatic carbocycles. The summed E-state index contributed by atoms with van der Waals surface area (Å²) in [6, 6.07) is 0. The average molecular weight is 205 g/mol. The van der Waals surface area contributed by atoms with Crippen LogP contribution in [0.4, 0.5) is 0 Å². The van der Waals surface area contributed by atoms with Crippen molar-refractivity contribution in [2.45, 2.75) is 39.0 Å². The molecule has 0 radical (unpaired) electrons. The van der Waals surface area contributed by atoms with E-state index in [1.54, 1.807) is 0 Å². The number of allylic oxidation sites excluding steroid dienone is 3. The zero-order chi connectivity index (χ0) is 10.9. The molecule has 0 unspecified atom stereocenters. The third-order valence-corrected chi connectivity index (χ3v) is 2.36. The molecule has 0 aromatic rings. The molecule has 1 N–H and O–H groups in total. The monoisotopic (exact) mass is 205 g/mol. The van der Waals surface area contributed by atoms with Crippen LogP contribution in [-0.4, -0.2) is 12.5 Å². The highest BCUT2D eigenvalue weighted by atomic mass is 16.1. The van der Waals surface area contributed by atoms with Crippen LogP contribution in [0, 0.1) is 0 Å². The smallest absolute Gasteiger partial charge is 0.220 e. The fraction of sp³-hybridized carbons (Fsp3) is 0.538. The largest absolute Gasteiger partial charge is 0.356 e. The molecule has 0 aromatic carbocycles. The van der Waals surface area contributed by atoms with Gasteiger partial charge in [-0.3, -0.25) is 4.79 Å². The fourth-order valence-electron chi connectivity index (χ4n) is 1.46. The summed E-state index contributed by atoms with van der Waals surface area (Å²) in [7, 11) is 0. The van der Waals surface area contributed by atoms with Gasteiger partial charge in [0.05, 0.1) is 0 Å². The van der Waals surface area contributed by atoms with E-state index in [9.17, 15) is 4.79 Å². The van der Waals surface area contributed by atoms with Gasteiger partial charge in [0.1, 0.15) is 0 Å². The minimum atomic E-state index is 0.176. The van der Waals surface area contributed by atoms with Crippen molar-refractivity contribution in [3.63, 3.8) is 0 Å². The molecule has 0 aromatic heterocycles. The first-order valence-corrected chi connectivity index (χ1v) is 5.72. The van der Waals surface area contributed by atoms with Gasteiger partial charge in [-0.25, -0.2) is 0 Å². The van der Waals surface area contributed by atoms with E-state index < -0.39 is 0 Å². The molecule has 82 valence electrons. The van der Waals surface area contributed by atoms with Gasteiger partial charge in [-0.15, -0.1) is 5.73 Å². The second-order valence-corrected chi connectivity index (χ2v) is 3.75.